The van der Waals surface area contributed by atoms with Gasteiger partial charge in [-0.3, -0.25) is 9.98 Å². The lowest BCUT2D eigenvalue weighted by molar-refractivity contribution is 0.476. The summed E-state index contributed by atoms with van der Waals surface area (Å²) in [6, 6.07) is 20.7. The van der Waals surface area contributed by atoms with Gasteiger partial charge >= 0.3 is 0 Å². The third-order valence-electron chi connectivity index (χ3n) is 4.01. The molecule has 1 aromatic heterocycles. The molecule has 130 valence electrons. The highest BCUT2D eigenvalue weighted by atomic mass is 127. The summed E-state index contributed by atoms with van der Waals surface area (Å²) in [7, 11) is 3.85. The van der Waals surface area contributed by atoms with Crippen LogP contribution in [-0.2, 0) is 13.1 Å². The number of nitrogens with one attached hydrogen (secondary N) is 1. The van der Waals surface area contributed by atoms with Gasteiger partial charge in [0.2, 0.25) is 0 Å². The maximum Gasteiger partial charge on any atom is 0.194 e. The Balaban J connectivity index is 0.00000225. The quantitative estimate of drug-likeness (QED) is 0.374. The number of fused-ring (bicyclic) bond motifs is 1. The number of aliphatic imine (C=N–C) groups is 1. The number of guanidine groups is 1. The topological polar surface area (TPSA) is 40.5 Å². The van der Waals surface area contributed by atoms with Crippen molar-refractivity contribution in [3.8, 4) is 0 Å². The summed E-state index contributed by atoms with van der Waals surface area (Å²) in [6.07, 6.45) is 1.86. The van der Waals surface area contributed by atoms with Crippen molar-refractivity contribution in [2.24, 2.45) is 4.99 Å². The van der Waals surface area contributed by atoms with Crippen molar-refractivity contribution in [3.63, 3.8) is 0 Å². The molecule has 0 bridgehead atoms. The molecule has 0 aliphatic rings. The summed E-state index contributed by atoms with van der Waals surface area (Å²) in [5, 5.41) is 5.79. The molecule has 0 aliphatic heterocycles. The zero-order valence-corrected chi connectivity index (χ0v) is 16.8. The third-order valence-corrected chi connectivity index (χ3v) is 4.01. The number of rotatable bonds is 4. The Morgan fingerprint density at radius 3 is 2.52 bits per heavy atom. The van der Waals surface area contributed by atoms with Crippen LogP contribution in [0.3, 0.4) is 0 Å². The summed E-state index contributed by atoms with van der Waals surface area (Å²) >= 11 is 0. The van der Waals surface area contributed by atoms with Crippen molar-refractivity contribution in [2.45, 2.75) is 13.1 Å². The summed E-state index contributed by atoms with van der Waals surface area (Å²) in [5.41, 5.74) is 2.29. The van der Waals surface area contributed by atoms with Gasteiger partial charge in [-0.05, 0) is 17.0 Å². The van der Waals surface area contributed by atoms with Crippen LogP contribution >= 0.6 is 24.0 Å². The maximum atomic E-state index is 4.52. The van der Waals surface area contributed by atoms with E-state index in [1.807, 2.05) is 37.5 Å². The average molecular weight is 446 g/mol. The van der Waals surface area contributed by atoms with E-state index < -0.39 is 0 Å². The minimum Gasteiger partial charge on any atom is -0.351 e. The number of nitrogens with zero attached hydrogens (tertiary/aromatic N) is 3. The van der Waals surface area contributed by atoms with Crippen LogP contribution < -0.4 is 5.32 Å². The highest BCUT2D eigenvalue weighted by Gasteiger charge is 2.08. The zero-order valence-electron chi connectivity index (χ0n) is 14.5. The van der Waals surface area contributed by atoms with Crippen LogP contribution in [-0.4, -0.2) is 29.9 Å². The van der Waals surface area contributed by atoms with Crippen LogP contribution in [0.25, 0.3) is 10.8 Å². The van der Waals surface area contributed by atoms with Crippen LogP contribution in [0.15, 0.2) is 71.9 Å². The van der Waals surface area contributed by atoms with Crippen molar-refractivity contribution in [2.75, 3.05) is 14.1 Å². The van der Waals surface area contributed by atoms with E-state index in [-0.39, 0.29) is 24.0 Å². The summed E-state index contributed by atoms with van der Waals surface area (Å²) in [5.74, 6) is 0.855. The minimum absolute atomic E-state index is 0. The van der Waals surface area contributed by atoms with Crippen LogP contribution in [0.5, 0.6) is 0 Å². The molecule has 0 atom stereocenters. The van der Waals surface area contributed by atoms with E-state index in [0.29, 0.717) is 6.54 Å². The molecular weight excluding hydrogens is 423 g/mol. The highest BCUT2D eigenvalue weighted by Crippen LogP contribution is 2.16. The van der Waals surface area contributed by atoms with Gasteiger partial charge in [0.15, 0.2) is 5.96 Å². The average Bonchev–Trinajstić information content (AvgIpc) is 2.63. The number of benzene rings is 2. The van der Waals surface area contributed by atoms with Gasteiger partial charge in [0.1, 0.15) is 0 Å². The summed E-state index contributed by atoms with van der Waals surface area (Å²) in [6.45, 7) is 1.45. The van der Waals surface area contributed by atoms with Crippen molar-refractivity contribution in [1.29, 1.82) is 0 Å². The molecule has 0 amide bonds. The molecule has 0 saturated heterocycles. The van der Waals surface area contributed by atoms with Gasteiger partial charge in [-0.25, -0.2) is 0 Å². The predicted molar refractivity (Wildman–Crippen MR) is 115 cm³/mol. The lowest BCUT2D eigenvalue weighted by atomic mass is 10.1. The zero-order chi connectivity index (χ0) is 16.8. The minimum atomic E-state index is 0. The Hall–Kier alpha value is -2.15. The number of aromatic nitrogens is 1. The van der Waals surface area contributed by atoms with E-state index in [1.165, 1.54) is 16.3 Å². The Labute approximate surface area is 166 Å². The predicted octanol–water partition coefficient (Wildman–Crippen LogP) is 4.06. The molecule has 3 aromatic rings. The second-order valence-corrected chi connectivity index (χ2v) is 5.72. The fraction of sp³-hybridized carbons (Fsp3) is 0.200. The number of hydrogen-bond acceptors (Lipinski definition) is 2. The SMILES string of the molecule is CN=C(NCc1nccc2ccccc12)N(C)Cc1ccccc1.I. The van der Waals surface area contributed by atoms with E-state index in [9.17, 15) is 0 Å². The Kier molecular flexibility index (Phi) is 7.18. The molecule has 3 rings (SSSR count). The second-order valence-electron chi connectivity index (χ2n) is 5.72. The lowest BCUT2D eigenvalue weighted by Gasteiger charge is -2.22. The molecule has 0 spiro atoms. The van der Waals surface area contributed by atoms with Gasteiger partial charge in [-0.1, -0.05) is 54.6 Å². The van der Waals surface area contributed by atoms with E-state index in [0.717, 1.165) is 18.2 Å². The fourth-order valence-corrected chi connectivity index (χ4v) is 2.80. The normalized spacial score (nSPS) is 11.0. The molecule has 0 fully saturated rings. The van der Waals surface area contributed by atoms with Gasteiger partial charge in [0.05, 0.1) is 12.2 Å². The molecular formula is C20H23IN4. The Morgan fingerprint density at radius 1 is 1.04 bits per heavy atom. The van der Waals surface area contributed by atoms with Gasteiger partial charge in [0.25, 0.3) is 0 Å². The molecule has 4 nitrogen and oxygen atoms in total. The van der Waals surface area contributed by atoms with E-state index >= 15 is 0 Å². The first-order valence-electron chi connectivity index (χ1n) is 8.06. The monoisotopic (exact) mass is 446 g/mol. The molecule has 0 radical (unpaired) electrons. The highest BCUT2D eigenvalue weighted by molar-refractivity contribution is 14.0. The molecule has 1 N–H and O–H groups in total. The van der Waals surface area contributed by atoms with E-state index in [4.69, 9.17) is 0 Å². The molecule has 0 unspecified atom stereocenters. The Bertz CT molecular complexity index is 828. The smallest absolute Gasteiger partial charge is 0.194 e. The van der Waals surface area contributed by atoms with Gasteiger partial charge in [0, 0.05) is 32.2 Å². The number of halogens is 1. The Morgan fingerprint density at radius 2 is 1.76 bits per heavy atom. The van der Waals surface area contributed by atoms with Gasteiger partial charge in [-0.15, -0.1) is 24.0 Å². The van der Waals surface area contributed by atoms with E-state index in [2.05, 4.69) is 56.6 Å². The summed E-state index contributed by atoms with van der Waals surface area (Å²) in [4.78, 5) is 11.0. The first kappa shape index (κ1) is 19.2. The standard InChI is InChI=1S/C20H22N4.HI/c1-21-20(24(2)15-16-8-4-3-5-9-16)23-14-19-18-11-7-6-10-17(18)12-13-22-19;/h3-13H,14-15H2,1-2H3,(H,21,23);1H. The largest absolute Gasteiger partial charge is 0.351 e. The van der Waals surface area contributed by atoms with Gasteiger partial charge in [-0.2, -0.15) is 0 Å². The van der Waals surface area contributed by atoms with Crippen molar-refractivity contribution >= 4 is 40.7 Å². The molecule has 0 saturated carbocycles. The lowest BCUT2D eigenvalue weighted by Crippen LogP contribution is -2.38. The van der Waals surface area contributed by atoms with Gasteiger partial charge < -0.3 is 10.2 Å². The van der Waals surface area contributed by atoms with Crippen LogP contribution in [0.2, 0.25) is 0 Å². The maximum absolute atomic E-state index is 4.52. The van der Waals surface area contributed by atoms with E-state index in [1.54, 1.807) is 7.05 Å². The number of pyridine rings is 1. The second kappa shape index (κ2) is 9.36. The van der Waals surface area contributed by atoms with Crippen molar-refractivity contribution < 1.29 is 0 Å². The molecule has 5 heteroatoms. The molecule has 1 heterocycles. The van der Waals surface area contributed by atoms with Crippen LogP contribution in [0.4, 0.5) is 0 Å². The fourth-order valence-electron chi connectivity index (χ4n) is 2.80. The number of hydrogen-bond donors (Lipinski definition) is 1. The van der Waals surface area contributed by atoms with Crippen molar-refractivity contribution in [3.05, 3.63) is 78.1 Å². The molecule has 2 aromatic carbocycles. The first-order valence-corrected chi connectivity index (χ1v) is 8.06. The van der Waals surface area contributed by atoms with Crippen molar-refractivity contribution in [1.82, 2.24) is 15.2 Å². The van der Waals surface area contributed by atoms with Crippen LogP contribution in [0.1, 0.15) is 11.3 Å². The molecule has 0 aliphatic carbocycles. The molecule has 25 heavy (non-hydrogen) atoms. The summed E-state index contributed by atoms with van der Waals surface area (Å²) < 4.78 is 0. The first-order chi connectivity index (χ1) is 11.8. The van der Waals surface area contributed by atoms with Crippen LogP contribution in [0, 0.1) is 0 Å². The third kappa shape index (κ3) is 4.92.